The van der Waals surface area contributed by atoms with Crippen molar-refractivity contribution < 1.29 is 5.11 Å². The Morgan fingerprint density at radius 3 is 2.05 bits per heavy atom. The van der Waals surface area contributed by atoms with E-state index in [4.69, 9.17) is 0 Å². The number of hydrogen-bond acceptors (Lipinski definition) is 1. The van der Waals surface area contributed by atoms with E-state index in [9.17, 15) is 5.11 Å². The zero-order chi connectivity index (χ0) is 14.2. The first-order valence-electron chi connectivity index (χ1n) is 6.42. The van der Waals surface area contributed by atoms with Crippen molar-refractivity contribution in [1.29, 1.82) is 0 Å². The number of hydrogen-bond donors (Lipinski definition) is 1. The maximum atomic E-state index is 10.7. The molecule has 1 atom stereocenters. The summed E-state index contributed by atoms with van der Waals surface area (Å²) in [6, 6.07) is 10.3. The third-order valence-corrected chi connectivity index (χ3v) is 4.04. The first-order chi connectivity index (χ1) is 8.90. The summed E-state index contributed by atoms with van der Waals surface area (Å²) in [6.07, 6.45) is -0.571. The summed E-state index contributed by atoms with van der Waals surface area (Å²) in [5.74, 6) is 0. The second-order valence-electron chi connectivity index (χ2n) is 5.22. The van der Waals surface area contributed by atoms with Crippen LogP contribution in [-0.4, -0.2) is 5.11 Å². The molecule has 0 heterocycles. The van der Waals surface area contributed by atoms with E-state index in [0.29, 0.717) is 0 Å². The molecule has 1 nitrogen and oxygen atoms in total. The van der Waals surface area contributed by atoms with Gasteiger partial charge in [0.2, 0.25) is 0 Å². The molecular formula is C17H19BrO. The topological polar surface area (TPSA) is 20.2 Å². The standard InChI is InChI=1S/C17H19BrO/c1-10-7-12(3)16(13(4)8-10)17(19)15-9-14(18)6-5-11(15)2/h5-9,17,19H,1-4H3. The van der Waals surface area contributed by atoms with E-state index in [-0.39, 0.29) is 0 Å². The fourth-order valence-corrected chi connectivity index (χ4v) is 3.06. The number of benzene rings is 2. The van der Waals surface area contributed by atoms with E-state index >= 15 is 0 Å². The van der Waals surface area contributed by atoms with Crippen molar-refractivity contribution in [3.05, 3.63) is 68.2 Å². The second kappa shape index (κ2) is 5.48. The van der Waals surface area contributed by atoms with Gasteiger partial charge in [-0.15, -0.1) is 0 Å². The van der Waals surface area contributed by atoms with Crippen LogP contribution in [0.4, 0.5) is 0 Å². The highest BCUT2D eigenvalue weighted by Gasteiger charge is 2.17. The fraction of sp³-hybridized carbons (Fsp3) is 0.294. The summed E-state index contributed by atoms with van der Waals surface area (Å²) in [7, 11) is 0. The van der Waals surface area contributed by atoms with Crippen LogP contribution in [0.25, 0.3) is 0 Å². The lowest BCUT2D eigenvalue weighted by molar-refractivity contribution is 0.218. The average Bonchev–Trinajstić information content (AvgIpc) is 2.30. The molecule has 2 aromatic carbocycles. The van der Waals surface area contributed by atoms with Crippen molar-refractivity contribution in [3.63, 3.8) is 0 Å². The molecule has 0 bridgehead atoms. The molecule has 2 aromatic rings. The maximum absolute atomic E-state index is 10.7. The number of aliphatic hydroxyl groups is 1. The summed E-state index contributed by atoms with van der Waals surface area (Å²) in [5.41, 5.74) is 6.61. The van der Waals surface area contributed by atoms with Crippen LogP contribution < -0.4 is 0 Å². The second-order valence-corrected chi connectivity index (χ2v) is 6.13. The zero-order valence-corrected chi connectivity index (χ0v) is 13.4. The highest BCUT2D eigenvalue weighted by atomic mass is 79.9. The van der Waals surface area contributed by atoms with Gasteiger partial charge in [0.05, 0.1) is 0 Å². The molecule has 0 aliphatic rings. The van der Waals surface area contributed by atoms with Crippen LogP contribution in [-0.2, 0) is 0 Å². The summed E-state index contributed by atoms with van der Waals surface area (Å²) in [6.45, 7) is 8.24. The maximum Gasteiger partial charge on any atom is 0.105 e. The quantitative estimate of drug-likeness (QED) is 0.846. The molecule has 0 fully saturated rings. The van der Waals surface area contributed by atoms with Gasteiger partial charge in [0.25, 0.3) is 0 Å². The largest absolute Gasteiger partial charge is 0.384 e. The van der Waals surface area contributed by atoms with Gasteiger partial charge in [-0.05, 0) is 67.6 Å². The Bertz CT molecular complexity index is 594. The van der Waals surface area contributed by atoms with Crippen molar-refractivity contribution in [2.24, 2.45) is 0 Å². The molecule has 0 spiro atoms. The average molecular weight is 319 g/mol. The van der Waals surface area contributed by atoms with E-state index in [0.717, 1.165) is 32.3 Å². The monoisotopic (exact) mass is 318 g/mol. The third-order valence-electron chi connectivity index (χ3n) is 3.55. The molecule has 19 heavy (non-hydrogen) atoms. The Morgan fingerprint density at radius 1 is 0.895 bits per heavy atom. The highest BCUT2D eigenvalue weighted by Crippen LogP contribution is 2.31. The van der Waals surface area contributed by atoms with E-state index in [1.807, 2.05) is 25.1 Å². The Kier molecular flexibility index (Phi) is 4.12. The number of halogens is 1. The third kappa shape index (κ3) is 2.90. The normalized spacial score (nSPS) is 12.5. The first-order valence-corrected chi connectivity index (χ1v) is 7.21. The van der Waals surface area contributed by atoms with E-state index in [2.05, 4.69) is 48.8 Å². The molecule has 1 N–H and O–H groups in total. The van der Waals surface area contributed by atoms with Crippen LogP contribution in [0.15, 0.2) is 34.8 Å². The highest BCUT2D eigenvalue weighted by molar-refractivity contribution is 9.10. The molecule has 0 radical (unpaired) electrons. The predicted octanol–water partition coefficient (Wildman–Crippen LogP) is 4.76. The van der Waals surface area contributed by atoms with Gasteiger partial charge in [0, 0.05) is 4.47 Å². The number of rotatable bonds is 2. The SMILES string of the molecule is Cc1cc(C)c(C(O)c2cc(Br)ccc2C)c(C)c1. The van der Waals surface area contributed by atoms with Crippen LogP contribution in [0.1, 0.15) is 39.5 Å². The van der Waals surface area contributed by atoms with Crippen molar-refractivity contribution >= 4 is 15.9 Å². The van der Waals surface area contributed by atoms with Gasteiger partial charge in [-0.25, -0.2) is 0 Å². The summed E-state index contributed by atoms with van der Waals surface area (Å²) < 4.78 is 0.995. The molecule has 0 saturated heterocycles. The molecule has 100 valence electrons. The minimum atomic E-state index is -0.571. The Labute approximate surface area is 123 Å². The van der Waals surface area contributed by atoms with Gasteiger partial charge >= 0.3 is 0 Å². The Morgan fingerprint density at radius 2 is 1.47 bits per heavy atom. The molecule has 0 aliphatic carbocycles. The van der Waals surface area contributed by atoms with Crippen molar-refractivity contribution in [1.82, 2.24) is 0 Å². The van der Waals surface area contributed by atoms with Crippen LogP contribution in [0, 0.1) is 27.7 Å². The van der Waals surface area contributed by atoms with Crippen molar-refractivity contribution in [2.45, 2.75) is 33.8 Å². The van der Waals surface area contributed by atoms with Crippen LogP contribution in [0.2, 0.25) is 0 Å². The van der Waals surface area contributed by atoms with E-state index < -0.39 is 6.10 Å². The summed E-state index contributed by atoms with van der Waals surface area (Å²) in [5, 5.41) is 10.7. The Balaban J connectivity index is 2.56. The molecule has 0 saturated carbocycles. The first kappa shape index (κ1) is 14.3. The van der Waals surface area contributed by atoms with Gasteiger partial charge in [-0.3, -0.25) is 0 Å². The Hall–Kier alpha value is -1.12. The summed E-state index contributed by atoms with van der Waals surface area (Å²) >= 11 is 3.47. The predicted molar refractivity (Wildman–Crippen MR) is 83.6 cm³/mol. The van der Waals surface area contributed by atoms with Crippen LogP contribution >= 0.6 is 15.9 Å². The van der Waals surface area contributed by atoms with Gasteiger partial charge in [-0.2, -0.15) is 0 Å². The lowest BCUT2D eigenvalue weighted by atomic mass is 9.90. The molecular weight excluding hydrogens is 300 g/mol. The smallest absolute Gasteiger partial charge is 0.105 e. The number of aliphatic hydroxyl groups excluding tert-OH is 1. The fourth-order valence-electron chi connectivity index (χ4n) is 2.68. The van der Waals surface area contributed by atoms with E-state index in [1.54, 1.807) is 0 Å². The summed E-state index contributed by atoms with van der Waals surface area (Å²) in [4.78, 5) is 0. The minimum Gasteiger partial charge on any atom is -0.384 e. The molecule has 2 rings (SSSR count). The molecule has 2 heteroatoms. The van der Waals surface area contributed by atoms with E-state index in [1.165, 1.54) is 5.56 Å². The van der Waals surface area contributed by atoms with Crippen molar-refractivity contribution in [3.8, 4) is 0 Å². The lowest BCUT2D eigenvalue weighted by Gasteiger charge is -2.20. The number of aryl methyl sites for hydroxylation is 4. The van der Waals surface area contributed by atoms with Gasteiger partial charge in [0.15, 0.2) is 0 Å². The zero-order valence-electron chi connectivity index (χ0n) is 11.8. The molecule has 0 amide bonds. The van der Waals surface area contributed by atoms with Gasteiger partial charge < -0.3 is 5.11 Å². The lowest BCUT2D eigenvalue weighted by Crippen LogP contribution is -2.07. The van der Waals surface area contributed by atoms with Gasteiger partial charge in [0.1, 0.15) is 6.10 Å². The molecule has 0 aliphatic heterocycles. The van der Waals surface area contributed by atoms with Crippen LogP contribution in [0.3, 0.4) is 0 Å². The van der Waals surface area contributed by atoms with Gasteiger partial charge in [-0.1, -0.05) is 39.7 Å². The minimum absolute atomic E-state index is 0.571. The van der Waals surface area contributed by atoms with Crippen LogP contribution in [0.5, 0.6) is 0 Å². The molecule has 0 aromatic heterocycles. The van der Waals surface area contributed by atoms with Crippen molar-refractivity contribution in [2.75, 3.05) is 0 Å². The molecule has 1 unspecified atom stereocenters.